The van der Waals surface area contributed by atoms with Gasteiger partial charge in [0.1, 0.15) is 5.75 Å². The van der Waals surface area contributed by atoms with Gasteiger partial charge in [0.05, 0.1) is 18.8 Å². The van der Waals surface area contributed by atoms with Gasteiger partial charge in [-0.15, -0.1) is 0 Å². The molecule has 0 unspecified atom stereocenters. The summed E-state index contributed by atoms with van der Waals surface area (Å²) < 4.78 is 5.47. The summed E-state index contributed by atoms with van der Waals surface area (Å²) >= 11 is 0. The van der Waals surface area contributed by atoms with Gasteiger partial charge in [0.25, 0.3) is 0 Å². The average Bonchev–Trinajstić information content (AvgIpc) is 2.37. The van der Waals surface area contributed by atoms with Crippen LogP contribution in [0.15, 0.2) is 24.3 Å². The second kappa shape index (κ2) is 7.68. The quantitative estimate of drug-likeness (QED) is 0.415. The van der Waals surface area contributed by atoms with Crippen LogP contribution in [-0.4, -0.2) is 19.2 Å². The van der Waals surface area contributed by atoms with E-state index >= 15 is 0 Å². The highest BCUT2D eigenvalue weighted by Crippen LogP contribution is 2.13. The van der Waals surface area contributed by atoms with E-state index in [4.69, 9.17) is 4.74 Å². The van der Waals surface area contributed by atoms with Gasteiger partial charge < -0.3 is 4.74 Å². The first-order valence-corrected chi connectivity index (χ1v) is 5.63. The lowest BCUT2D eigenvalue weighted by atomic mass is 10.2. The molecule has 1 radical (unpaired) electrons. The van der Waals surface area contributed by atoms with Crippen LogP contribution >= 0.6 is 0 Å². The van der Waals surface area contributed by atoms with Crippen LogP contribution in [0.25, 0.3) is 0 Å². The fourth-order valence-electron chi connectivity index (χ4n) is 1.16. The summed E-state index contributed by atoms with van der Waals surface area (Å²) in [7, 11) is 0. The molecule has 17 heavy (non-hydrogen) atoms. The maximum atomic E-state index is 11.4. The standard InChI is InChI=1S/C13H17O4/c1-3-5-10-15-12-8-6-11(7-9-12)13(14)17-16-4-2/h6-9H,2-5,10H2,1H3. The third-order valence-electron chi connectivity index (χ3n) is 2.07. The molecule has 0 saturated carbocycles. The Morgan fingerprint density at radius 3 is 2.59 bits per heavy atom. The SMILES string of the molecule is [CH2]COOC(=O)c1ccc(OCCCC)cc1. The number of rotatable bonds is 7. The molecule has 0 atom stereocenters. The Hall–Kier alpha value is -1.55. The zero-order valence-electron chi connectivity index (χ0n) is 9.98. The Kier molecular flexibility index (Phi) is 6.10. The van der Waals surface area contributed by atoms with Crippen molar-refractivity contribution in [2.75, 3.05) is 13.2 Å². The molecule has 0 heterocycles. The zero-order valence-corrected chi connectivity index (χ0v) is 9.98. The molecule has 0 N–H and O–H groups in total. The maximum absolute atomic E-state index is 11.4. The van der Waals surface area contributed by atoms with E-state index in [-0.39, 0.29) is 6.61 Å². The molecule has 0 bridgehead atoms. The second-order valence-corrected chi connectivity index (χ2v) is 3.42. The predicted molar refractivity (Wildman–Crippen MR) is 63.6 cm³/mol. The summed E-state index contributed by atoms with van der Waals surface area (Å²) in [5.41, 5.74) is 0.418. The van der Waals surface area contributed by atoms with Crippen molar-refractivity contribution in [2.45, 2.75) is 19.8 Å². The summed E-state index contributed by atoms with van der Waals surface area (Å²) in [4.78, 5) is 20.3. The number of hydrogen-bond acceptors (Lipinski definition) is 4. The first kappa shape index (κ1) is 13.5. The molecule has 1 aromatic rings. The van der Waals surface area contributed by atoms with Gasteiger partial charge in [-0.05, 0) is 37.6 Å². The highest BCUT2D eigenvalue weighted by Gasteiger charge is 2.07. The summed E-state index contributed by atoms with van der Waals surface area (Å²) in [6, 6.07) is 6.74. The van der Waals surface area contributed by atoms with Crippen LogP contribution in [0.5, 0.6) is 5.75 Å². The van der Waals surface area contributed by atoms with Crippen molar-refractivity contribution in [3.05, 3.63) is 36.8 Å². The minimum absolute atomic E-state index is 0.0873. The van der Waals surface area contributed by atoms with Gasteiger partial charge in [-0.3, -0.25) is 4.89 Å². The van der Waals surface area contributed by atoms with Crippen molar-refractivity contribution >= 4 is 5.97 Å². The molecule has 0 amide bonds. The van der Waals surface area contributed by atoms with Crippen molar-refractivity contribution < 1.29 is 19.3 Å². The Bertz CT molecular complexity index is 332. The second-order valence-electron chi connectivity index (χ2n) is 3.42. The van der Waals surface area contributed by atoms with Gasteiger partial charge in [-0.1, -0.05) is 13.3 Å². The minimum atomic E-state index is -0.534. The molecule has 93 valence electrons. The first-order valence-electron chi connectivity index (χ1n) is 5.63. The van der Waals surface area contributed by atoms with E-state index < -0.39 is 5.97 Å². The fourth-order valence-corrected chi connectivity index (χ4v) is 1.16. The van der Waals surface area contributed by atoms with Gasteiger partial charge in [-0.2, -0.15) is 4.89 Å². The molecule has 0 fully saturated rings. The molecule has 4 nitrogen and oxygen atoms in total. The predicted octanol–water partition coefficient (Wildman–Crippen LogP) is 2.79. The van der Waals surface area contributed by atoms with Gasteiger partial charge in [0.2, 0.25) is 0 Å². The van der Waals surface area contributed by atoms with Crippen molar-refractivity contribution in [1.82, 2.24) is 0 Å². The Balaban J connectivity index is 2.46. The van der Waals surface area contributed by atoms with Gasteiger partial charge in [0, 0.05) is 0 Å². The number of hydrogen-bond donors (Lipinski definition) is 0. The number of ether oxygens (including phenoxy) is 1. The summed E-state index contributed by atoms with van der Waals surface area (Å²) in [6.45, 7) is 6.26. The fraction of sp³-hybridized carbons (Fsp3) is 0.385. The third kappa shape index (κ3) is 4.87. The van der Waals surface area contributed by atoms with Crippen LogP contribution in [0, 0.1) is 6.92 Å². The van der Waals surface area contributed by atoms with Gasteiger partial charge in [-0.25, -0.2) is 4.79 Å². The topological polar surface area (TPSA) is 44.8 Å². The van der Waals surface area contributed by atoms with E-state index in [9.17, 15) is 4.79 Å². The van der Waals surface area contributed by atoms with E-state index in [1.165, 1.54) is 0 Å². The number of carbonyl (C=O) groups excluding carboxylic acids is 1. The van der Waals surface area contributed by atoms with E-state index in [1.807, 2.05) is 0 Å². The maximum Gasteiger partial charge on any atom is 0.373 e. The van der Waals surface area contributed by atoms with E-state index in [2.05, 4.69) is 23.6 Å². The van der Waals surface area contributed by atoms with Gasteiger partial charge in [0.15, 0.2) is 0 Å². The Morgan fingerprint density at radius 1 is 1.29 bits per heavy atom. The molecule has 0 aliphatic carbocycles. The average molecular weight is 237 g/mol. The van der Waals surface area contributed by atoms with Crippen LogP contribution in [0.3, 0.4) is 0 Å². The van der Waals surface area contributed by atoms with Crippen molar-refractivity contribution in [1.29, 1.82) is 0 Å². The highest BCUT2D eigenvalue weighted by molar-refractivity contribution is 5.89. The first-order chi connectivity index (χ1) is 8.27. The molecule has 1 aromatic carbocycles. The number of benzene rings is 1. The van der Waals surface area contributed by atoms with Crippen LogP contribution in [0.2, 0.25) is 0 Å². The molecule has 4 heteroatoms. The normalized spacial score (nSPS) is 10.0. The minimum Gasteiger partial charge on any atom is -0.494 e. The lowest BCUT2D eigenvalue weighted by Gasteiger charge is -2.06. The zero-order chi connectivity index (χ0) is 12.5. The van der Waals surface area contributed by atoms with Gasteiger partial charge >= 0.3 is 5.97 Å². The summed E-state index contributed by atoms with van der Waals surface area (Å²) in [6.07, 6.45) is 2.11. The third-order valence-corrected chi connectivity index (χ3v) is 2.07. The molecule has 0 aliphatic heterocycles. The van der Waals surface area contributed by atoms with Crippen molar-refractivity contribution in [2.24, 2.45) is 0 Å². The summed E-state index contributed by atoms with van der Waals surface area (Å²) in [5.74, 6) is 0.210. The van der Waals surface area contributed by atoms with Crippen LogP contribution < -0.4 is 4.74 Å². The number of unbranched alkanes of at least 4 members (excludes halogenated alkanes) is 1. The van der Waals surface area contributed by atoms with E-state index in [0.29, 0.717) is 12.2 Å². The van der Waals surface area contributed by atoms with E-state index in [1.54, 1.807) is 24.3 Å². The van der Waals surface area contributed by atoms with E-state index in [0.717, 1.165) is 18.6 Å². The van der Waals surface area contributed by atoms with Crippen molar-refractivity contribution in [3.63, 3.8) is 0 Å². The lowest BCUT2D eigenvalue weighted by molar-refractivity contribution is -0.232. The van der Waals surface area contributed by atoms with Crippen LogP contribution in [0.1, 0.15) is 30.1 Å². The Morgan fingerprint density at radius 2 is 2.00 bits per heavy atom. The monoisotopic (exact) mass is 237 g/mol. The smallest absolute Gasteiger partial charge is 0.373 e. The molecular weight excluding hydrogens is 220 g/mol. The van der Waals surface area contributed by atoms with Crippen molar-refractivity contribution in [3.8, 4) is 5.75 Å². The highest BCUT2D eigenvalue weighted by atomic mass is 17.2. The molecule has 0 aromatic heterocycles. The van der Waals surface area contributed by atoms with Crippen LogP contribution in [0.4, 0.5) is 0 Å². The number of carbonyl (C=O) groups is 1. The van der Waals surface area contributed by atoms with Crippen LogP contribution in [-0.2, 0) is 9.78 Å². The Labute approximate surface area is 101 Å². The lowest BCUT2D eigenvalue weighted by Crippen LogP contribution is -2.06. The summed E-state index contributed by atoms with van der Waals surface area (Å²) in [5, 5.41) is 0. The molecule has 1 rings (SSSR count). The largest absolute Gasteiger partial charge is 0.494 e. The molecule has 0 spiro atoms. The molecule has 0 saturated heterocycles. The molecular formula is C13H17O4. The molecule has 0 aliphatic rings.